The van der Waals surface area contributed by atoms with Crippen LogP contribution in [0, 0.1) is 0 Å². The number of nitrogens with one attached hydrogen (secondary N) is 1. The molecule has 1 heterocycles. The highest BCUT2D eigenvalue weighted by Gasteiger charge is 2.10. The van der Waals surface area contributed by atoms with Crippen LogP contribution in [0.5, 0.6) is 0 Å². The Kier molecular flexibility index (Phi) is 1.94. The molecule has 1 saturated heterocycles. The molecule has 0 aromatic heterocycles. The predicted molar refractivity (Wildman–Crippen MR) is 39.4 cm³/mol. The first-order valence-electron chi connectivity index (χ1n) is 3.37. The number of allylic oxidation sites excluding steroid dienone is 1. The molecule has 1 aliphatic heterocycles. The second-order valence-corrected chi connectivity index (χ2v) is 2.49. The second kappa shape index (κ2) is 2.73. The average molecular weight is 140 g/mol. The quantitative estimate of drug-likeness (QED) is 0.518. The summed E-state index contributed by atoms with van der Waals surface area (Å²) < 4.78 is 0. The van der Waals surface area contributed by atoms with E-state index < -0.39 is 0 Å². The highest BCUT2D eigenvalue weighted by atomic mass is 16.1. The smallest absolute Gasteiger partial charge is 0.156 e. The highest BCUT2D eigenvalue weighted by Crippen LogP contribution is 2.02. The van der Waals surface area contributed by atoms with E-state index in [1.807, 2.05) is 11.9 Å². The van der Waals surface area contributed by atoms with Crippen LogP contribution in [-0.2, 0) is 4.79 Å². The third kappa shape index (κ3) is 1.50. The zero-order valence-electron chi connectivity index (χ0n) is 6.35. The Balaban J connectivity index is 2.62. The number of likely N-dealkylation sites (N-methyl/N-ethyl adjacent to an activating group) is 1. The van der Waals surface area contributed by atoms with Gasteiger partial charge in [0.1, 0.15) is 5.82 Å². The molecule has 0 aromatic rings. The lowest BCUT2D eigenvalue weighted by Crippen LogP contribution is -2.14. The van der Waals surface area contributed by atoms with Crippen molar-refractivity contribution in [3.63, 3.8) is 0 Å². The van der Waals surface area contributed by atoms with Gasteiger partial charge in [-0.1, -0.05) is 0 Å². The summed E-state index contributed by atoms with van der Waals surface area (Å²) in [6, 6.07) is 0. The molecule has 0 radical (unpaired) electrons. The number of hydrogen-bond donors (Lipinski definition) is 1. The maximum absolute atomic E-state index is 10.6. The molecule has 0 unspecified atom stereocenters. The van der Waals surface area contributed by atoms with Crippen molar-refractivity contribution in [3.8, 4) is 0 Å². The van der Waals surface area contributed by atoms with Gasteiger partial charge in [0.25, 0.3) is 0 Å². The van der Waals surface area contributed by atoms with E-state index in [0.717, 1.165) is 18.9 Å². The molecule has 0 aromatic carbocycles. The van der Waals surface area contributed by atoms with E-state index in [2.05, 4.69) is 5.32 Å². The summed E-state index contributed by atoms with van der Waals surface area (Å²) in [6.07, 6.45) is 1.62. The second-order valence-electron chi connectivity index (χ2n) is 2.49. The molecule has 0 spiro atoms. The fraction of sp³-hybridized carbons (Fsp3) is 0.571. The Labute approximate surface area is 60.7 Å². The molecule has 0 aliphatic carbocycles. The van der Waals surface area contributed by atoms with Crippen LogP contribution in [0.15, 0.2) is 11.9 Å². The van der Waals surface area contributed by atoms with Gasteiger partial charge < -0.3 is 10.2 Å². The molecular weight excluding hydrogens is 128 g/mol. The van der Waals surface area contributed by atoms with Crippen molar-refractivity contribution in [2.75, 3.05) is 20.1 Å². The number of carbonyl (C=O) groups is 1. The Morgan fingerprint density at radius 1 is 1.80 bits per heavy atom. The maximum Gasteiger partial charge on any atom is 0.156 e. The van der Waals surface area contributed by atoms with Crippen LogP contribution in [0.3, 0.4) is 0 Å². The molecular formula is C7H12N2O. The van der Waals surface area contributed by atoms with Gasteiger partial charge in [-0.3, -0.25) is 4.79 Å². The van der Waals surface area contributed by atoms with Crippen molar-refractivity contribution < 1.29 is 4.79 Å². The molecule has 0 atom stereocenters. The summed E-state index contributed by atoms with van der Waals surface area (Å²) in [5.41, 5.74) is 0. The van der Waals surface area contributed by atoms with Crippen LogP contribution in [0.2, 0.25) is 0 Å². The van der Waals surface area contributed by atoms with E-state index in [4.69, 9.17) is 0 Å². The largest absolute Gasteiger partial charge is 0.370 e. The number of carbonyl (C=O) groups excluding carboxylic acids is 1. The first kappa shape index (κ1) is 7.12. The maximum atomic E-state index is 10.6. The van der Waals surface area contributed by atoms with Gasteiger partial charge in [0.15, 0.2) is 5.78 Å². The molecule has 0 bridgehead atoms. The van der Waals surface area contributed by atoms with Crippen LogP contribution in [0.4, 0.5) is 0 Å². The Morgan fingerprint density at radius 2 is 2.50 bits per heavy atom. The zero-order valence-corrected chi connectivity index (χ0v) is 6.35. The first-order chi connectivity index (χ1) is 4.70. The third-order valence-corrected chi connectivity index (χ3v) is 1.50. The summed E-state index contributed by atoms with van der Waals surface area (Å²) in [5, 5.41) is 3.10. The van der Waals surface area contributed by atoms with Gasteiger partial charge in [0.05, 0.1) is 0 Å². The summed E-state index contributed by atoms with van der Waals surface area (Å²) in [7, 11) is 1.97. The molecule has 10 heavy (non-hydrogen) atoms. The fourth-order valence-corrected chi connectivity index (χ4v) is 0.961. The molecule has 0 amide bonds. The molecule has 1 aliphatic rings. The van der Waals surface area contributed by atoms with E-state index in [-0.39, 0.29) is 5.78 Å². The standard InChI is InChI=1S/C7H12N2O/c1-6(10)5-7-8-3-4-9(7)2/h5,8H,3-4H2,1-2H3/b7-5-. The van der Waals surface area contributed by atoms with Gasteiger partial charge in [-0.2, -0.15) is 0 Å². The van der Waals surface area contributed by atoms with Gasteiger partial charge >= 0.3 is 0 Å². The summed E-state index contributed by atoms with van der Waals surface area (Å²) >= 11 is 0. The van der Waals surface area contributed by atoms with Crippen molar-refractivity contribution in [2.24, 2.45) is 0 Å². The first-order valence-corrected chi connectivity index (χ1v) is 3.37. The monoisotopic (exact) mass is 140 g/mol. The molecule has 1 N–H and O–H groups in total. The number of nitrogens with zero attached hydrogens (tertiary/aromatic N) is 1. The minimum absolute atomic E-state index is 0.0938. The Bertz CT molecular complexity index is 174. The molecule has 0 saturated carbocycles. The van der Waals surface area contributed by atoms with Gasteiger partial charge in [0.2, 0.25) is 0 Å². The van der Waals surface area contributed by atoms with Crippen LogP contribution in [0.25, 0.3) is 0 Å². The molecule has 3 nitrogen and oxygen atoms in total. The van der Waals surface area contributed by atoms with Crippen molar-refractivity contribution in [2.45, 2.75) is 6.92 Å². The summed E-state index contributed by atoms with van der Waals surface area (Å²) in [6.45, 7) is 3.48. The van der Waals surface area contributed by atoms with Crippen LogP contribution in [-0.4, -0.2) is 30.8 Å². The molecule has 1 rings (SSSR count). The number of hydrogen-bond acceptors (Lipinski definition) is 3. The number of rotatable bonds is 1. The molecule has 1 fully saturated rings. The van der Waals surface area contributed by atoms with Gasteiger partial charge in [0, 0.05) is 26.2 Å². The van der Waals surface area contributed by atoms with E-state index in [1.54, 1.807) is 13.0 Å². The molecule has 3 heteroatoms. The summed E-state index contributed by atoms with van der Waals surface area (Å²) in [5.74, 6) is 1.03. The van der Waals surface area contributed by atoms with Gasteiger partial charge in [-0.05, 0) is 6.92 Å². The van der Waals surface area contributed by atoms with Crippen molar-refractivity contribution in [1.29, 1.82) is 0 Å². The van der Waals surface area contributed by atoms with E-state index in [0.29, 0.717) is 0 Å². The van der Waals surface area contributed by atoms with Crippen LogP contribution in [0.1, 0.15) is 6.92 Å². The van der Waals surface area contributed by atoms with Gasteiger partial charge in [-0.25, -0.2) is 0 Å². The van der Waals surface area contributed by atoms with E-state index in [1.165, 1.54) is 0 Å². The average Bonchev–Trinajstić information content (AvgIpc) is 2.15. The predicted octanol–water partition coefficient (Wildman–Crippen LogP) is -0.0482. The van der Waals surface area contributed by atoms with Crippen molar-refractivity contribution >= 4 is 5.78 Å². The highest BCUT2D eigenvalue weighted by molar-refractivity contribution is 5.87. The van der Waals surface area contributed by atoms with Crippen LogP contribution < -0.4 is 5.32 Å². The minimum Gasteiger partial charge on any atom is -0.370 e. The lowest BCUT2D eigenvalue weighted by molar-refractivity contribution is -0.112. The van der Waals surface area contributed by atoms with Gasteiger partial charge in [-0.15, -0.1) is 0 Å². The topological polar surface area (TPSA) is 32.3 Å². The third-order valence-electron chi connectivity index (χ3n) is 1.50. The lowest BCUT2D eigenvalue weighted by atomic mass is 10.4. The lowest BCUT2D eigenvalue weighted by Gasteiger charge is -2.09. The SMILES string of the molecule is CC(=O)/C=C1/NCCN1C. The fourth-order valence-electron chi connectivity index (χ4n) is 0.961. The van der Waals surface area contributed by atoms with Crippen molar-refractivity contribution in [1.82, 2.24) is 10.2 Å². The number of ketones is 1. The van der Waals surface area contributed by atoms with Crippen molar-refractivity contribution in [3.05, 3.63) is 11.9 Å². The zero-order chi connectivity index (χ0) is 7.56. The van der Waals surface area contributed by atoms with E-state index >= 15 is 0 Å². The van der Waals surface area contributed by atoms with Crippen LogP contribution >= 0.6 is 0 Å². The molecule has 56 valence electrons. The normalized spacial score (nSPS) is 21.4. The minimum atomic E-state index is 0.0938. The Morgan fingerprint density at radius 3 is 2.90 bits per heavy atom. The summed E-state index contributed by atoms with van der Waals surface area (Å²) in [4.78, 5) is 12.6. The Hall–Kier alpha value is -0.990. The van der Waals surface area contributed by atoms with E-state index in [9.17, 15) is 4.79 Å².